The molecule has 0 atom stereocenters. The smallest absolute Gasteiger partial charge is 0.264 e. The summed E-state index contributed by atoms with van der Waals surface area (Å²) in [5.74, 6) is -0.617. The number of nitrogens with zero attached hydrogens (tertiary/aromatic N) is 2. The summed E-state index contributed by atoms with van der Waals surface area (Å²) in [4.78, 5) is 3.39. The van der Waals surface area contributed by atoms with E-state index in [0.717, 1.165) is 12.1 Å². The summed E-state index contributed by atoms with van der Waals surface area (Å²) in [5.41, 5.74) is -0.273. The van der Waals surface area contributed by atoms with Crippen LogP contribution in [0.15, 0.2) is 39.8 Å². The van der Waals surface area contributed by atoms with Gasteiger partial charge in [0.15, 0.2) is 5.69 Å². The maximum absolute atomic E-state index is 13.1. The maximum atomic E-state index is 13.1. The molecule has 1 N–H and O–H groups in total. The number of nitrogens with one attached hydrogen (secondary N) is 1. The zero-order chi connectivity index (χ0) is 15.6. The molecule has 0 spiro atoms. The first kappa shape index (κ1) is 15.7. The Kier molecular flexibility index (Phi) is 4.46. The summed E-state index contributed by atoms with van der Waals surface area (Å²) < 4.78 is 40.1. The van der Waals surface area contributed by atoms with Crippen LogP contribution < -0.4 is 4.72 Å². The number of hydrogen-bond acceptors (Lipinski definition) is 4. The van der Waals surface area contributed by atoms with Crippen LogP contribution in [0.5, 0.6) is 0 Å². The molecule has 0 unspecified atom stereocenters. The second kappa shape index (κ2) is 5.97. The number of nitriles is 1. The Bertz CT molecular complexity index is 829. The van der Waals surface area contributed by atoms with Crippen LogP contribution in [-0.4, -0.2) is 13.4 Å². The van der Waals surface area contributed by atoms with Gasteiger partial charge in [-0.05, 0) is 40.2 Å². The molecule has 0 aliphatic heterocycles. The van der Waals surface area contributed by atoms with Gasteiger partial charge in [-0.3, -0.25) is 4.72 Å². The third-order valence-corrected chi connectivity index (χ3v) is 4.71. The van der Waals surface area contributed by atoms with E-state index in [4.69, 9.17) is 16.9 Å². The summed E-state index contributed by atoms with van der Waals surface area (Å²) in [6.45, 7) is 0. The fourth-order valence-electron chi connectivity index (χ4n) is 1.52. The molecule has 1 aromatic heterocycles. The molecule has 108 valence electrons. The minimum absolute atomic E-state index is 0.0224. The SMILES string of the molecule is N#Cc1ncccc1S(=O)(=O)Nc1c(Cl)cc(F)cc1Br. The maximum Gasteiger partial charge on any atom is 0.264 e. The lowest BCUT2D eigenvalue weighted by atomic mass is 10.3. The van der Waals surface area contributed by atoms with Crippen molar-refractivity contribution in [1.82, 2.24) is 4.98 Å². The van der Waals surface area contributed by atoms with Gasteiger partial charge in [0.25, 0.3) is 10.0 Å². The topological polar surface area (TPSA) is 82.8 Å². The molecular formula is C12H6BrClFN3O2S. The van der Waals surface area contributed by atoms with Crippen molar-refractivity contribution in [2.45, 2.75) is 4.90 Å². The van der Waals surface area contributed by atoms with Crippen LogP contribution in [0.2, 0.25) is 5.02 Å². The third-order valence-electron chi connectivity index (χ3n) is 2.41. The summed E-state index contributed by atoms with van der Waals surface area (Å²) in [7, 11) is -4.09. The highest BCUT2D eigenvalue weighted by molar-refractivity contribution is 9.10. The van der Waals surface area contributed by atoms with Crippen molar-refractivity contribution in [3.8, 4) is 6.07 Å². The second-order valence-corrected chi connectivity index (χ2v) is 6.72. The lowest BCUT2D eigenvalue weighted by Gasteiger charge is -2.12. The molecule has 0 saturated heterocycles. The van der Waals surface area contributed by atoms with Crippen LogP contribution in [0.1, 0.15) is 5.69 Å². The van der Waals surface area contributed by atoms with Gasteiger partial charge in [-0.25, -0.2) is 17.8 Å². The van der Waals surface area contributed by atoms with Gasteiger partial charge < -0.3 is 0 Å². The normalized spacial score (nSPS) is 11.0. The van der Waals surface area contributed by atoms with Gasteiger partial charge in [-0.15, -0.1) is 0 Å². The Morgan fingerprint density at radius 3 is 2.76 bits per heavy atom. The van der Waals surface area contributed by atoms with Gasteiger partial charge in [-0.2, -0.15) is 5.26 Å². The largest absolute Gasteiger partial charge is 0.277 e. The highest BCUT2D eigenvalue weighted by atomic mass is 79.9. The van der Waals surface area contributed by atoms with E-state index < -0.39 is 15.8 Å². The molecule has 0 bridgehead atoms. The van der Waals surface area contributed by atoms with E-state index in [0.29, 0.717) is 0 Å². The molecule has 5 nitrogen and oxygen atoms in total. The van der Waals surface area contributed by atoms with E-state index in [1.165, 1.54) is 18.3 Å². The number of aromatic nitrogens is 1. The van der Waals surface area contributed by atoms with Gasteiger partial charge in [0, 0.05) is 10.7 Å². The first-order valence-corrected chi connectivity index (χ1v) is 8.03. The Labute approximate surface area is 133 Å². The van der Waals surface area contributed by atoms with Crippen LogP contribution >= 0.6 is 27.5 Å². The standard InChI is InChI=1S/C12H6BrClFN3O2S/c13-8-4-7(15)5-9(14)12(8)18-21(19,20)11-2-1-3-17-10(11)6-16/h1-5,18H. The van der Waals surface area contributed by atoms with E-state index in [1.54, 1.807) is 6.07 Å². The average molecular weight is 391 g/mol. The number of hydrogen-bond donors (Lipinski definition) is 1. The highest BCUT2D eigenvalue weighted by Gasteiger charge is 2.22. The molecule has 1 heterocycles. The Hall–Kier alpha value is -1.69. The number of halogens is 3. The minimum atomic E-state index is -4.09. The van der Waals surface area contributed by atoms with E-state index >= 15 is 0 Å². The molecule has 0 aliphatic rings. The zero-order valence-electron chi connectivity index (χ0n) is 10.1. The highest BCUT2D eigenvalue weighted by Crippen LogP contribution is 2.33. The van der Waals surface area contributed by atoms with Crippen molar-refractivity contribution in [2.24, 2.45) is 0 Å². The Morgan fingerprint density at radius 2 is 2.14 bits per heavy atom. The van der Waals surface area contributed by atoms with Crippen molar-refractivity contribution < 1.29 is 12.8 Å². The predicted octanol–water partition coefficient (Wildman–Crippen LogP) is 3.31. The minimum Gasteiger partial charge on any atom is -0.277 e. The zero-order valence-corrected chi connectivity index (χ0v) is 13.3. The van der Waals surface area contributed by atoms with Crippen LogP contribution in [0.4, 0.5) is 10.1 Å². The molecule has 21 heavy (non-hydrogen) atoms. The van der Waals surface area contributed by atoms with Gasteiger partial charge >= 0.3 is 0 Å². The molecule has 2 aromatic rings. The van der Waals surface area contributed by atoms with Crippen molar-refractivity contribution >= 4 is 43.2 Å². The van der Waals surface area contributed by atoms with Gasteiger partial charge in [0.1, 0.15) is 16.8 Å². The van der Waals surface area contributed by atoms with E-state index in [-0.39, 0.29) is 25.8 Å². The summed E-state index contributed by atoms with van der Waals surface area (Å²) in [6.07, 6.45) is 1.30. The molecule has 0 amide bonds. The molecule has 0 radical (unpaired) electrons. The van der Waals surface area contributed by atoms with Crippen LogP contribution in [0.25, 0.3) is 0 Å². The van der Waals surface area contributed by atoms with E-state index in [9.17, 15) is 12.8 Å². The summed E-state index contributed by atoms with van der Waals surface area (Å²) in [5, 5.41) is 8.79. The molecule has 0 saturated carbocycles. The monoisotopic (exact) mass is 389 g/mol. The van der Waals surface area contributed by atoms with E-state index in [2.05, 4.69) is 25.6 Å². The van der Waals surface area contributed by atoms with Crippen molar-refractivity contribution in [2.75, 3.05) is 4.72 Å². The van der Waals surface area contributed by atoms with E-state index in [1.807, 2.05) is 0 Å². The number of sulfonamides is 1. The molecule has 2 rings (SSSR count). The number of rotatable bonds is 3. The summed E-state index contributed by atoms with van der Waals surface area (Å²) >= 11 is 8.85. The van der Waals surface area contributed by atoms with Gasteiger partial charge in [-0.1, -0.05) is 11.6 Å². The average Bonchev–Trinajstić information content (AvgIpc) is 2.43. The molecule has 9 heteroatoms. The second-order valence-electron chi connectivity index (χ2n) is 3.81. The quantitative estimate of drug-likeness (QED) is 0.871. The third kappa shape index (κ3) is 3.32. The fourth-order valence-corrected chi connectivity index (χ4v) is 3.82. The van der Waals surface area contributed by atoms with Crippen LogP contribution in [0, 0.1) is 17.1 Å². The Balaban J connectivity index is 2.51. The number of anilines is 1. The van der Waals surface area contributed by atoms with Crippen molar-refractivity contribution in [3.63, 3.8) is 0 Å². The molecular weight excluding hydrogens is 385 g/mol. The predicted molar refractivity (Wildman–Crippen MR) is 78.9 cm³/mol. The Morgan fingerprint density at radius 1 is 1.43 bits per heavy atom. The van der Waals surface area contributed by atoms with Gasteiger partial charge in [0.2, 0.25) is 0 Å². The number of pyridine rings is 1. The number of benzene rings is 1. The lowest BCUT2D eigenvalue weighted by molar-refractivity contribution is 0.600. The first-order valence-electron chi connectivity index (χ1n) is 5.37. The molecule has 0 fully saturated rings. The van der Waals surface area contributed by atoms with Crippen molar-refractivity contribution in [1.29, 1.82) is 5.26 Å². The summed E-state index contributed by atoms with van der Waals surface area (Å²) in [6, 6.07) is 6.35. The lowest BCUT2D eigenvalue weighted by Crippen LogP contribution is -2.15. The fraction of sp³-hybridized carbons (Fsp3) is 0. The van der Waals surface area contributed by atoms with Crippen LogP contribution in [-0.2, 0) is 10.0 Å². The van der Waals surface area contributed by atoms with Crippen LogP contribution in [0.3, 0.4) is 0 Å². The molecule has 0 aliphatic carbocycles. The van der Waals surface area contributed by atoms with Crippen molar-refractivity contribution in [3.05, 3.63) is 51.5 Å². The molecule has 1 aromatic carbocycles. The first-order chi connectivity index (χ1) is 9.85. The van der Waals surface area contributed by atoms with Gasteiger partial charge in [0.05, 0.1) is 10.7 Å².